The zero-order valence-corrected chi connectivity index (χ0v) is 11.0. The summed E-state index contributed by atoms with van der Waals surface area (Å²) in [6, 6.07) is 15.8. The van der Waals surface area contributed by atoms with E-state index in [0.717, 1.165) is 21.2 Å². The number of halogens is 2. The lowest BCUT2D eigenvalue weighted by Gasteiger charge is -2.17. The van der Waals surface area contributed by atoms with Gasteiger partial charge in [0.1, 0.15) is 0 Å². The van der Waals surface area contributed by atoms with Gasteiger partial charge in [0.2, 0.25) is 0 Å². The van der Waals surface area contributed by atoms with E-state index < -0.39 is 0 Å². The van der Waals surface area contributed by atoms with E-state index in [4.69, 9.17) is 23.2 Å². The van der Waals surface area contributed by atoms with Crippen LogP contribution in [0.2, 0.25) is 10.0 Å². The van der Waals surface area contributed by atoms with Crippen molar-refractivity contribution in [3.8, 4) is 0 Å². The van der Waals surface area contributed by atoms with Crippen molar-refractivity contribution in [1.29, 1.82) is 0 Å². The predicted molar refractivity (Wildman–Crippen MR) is 73.8 cm³/mol. The van der Waals surface area contributed by atoms with Crippen LogP contribution in [0.1, 0.15) is 17.2 Å². The van der Waals surface area contributed by atoms with Crippen LogP contribution in [-0.2, 0) is 0 Å². The zero-order chi connectivity index (χ0) is 12.3. The SMILES string of the molecule is CNC(c1cccc(Cl)c1)c1cccc(Cl)c1. The first-order valence-corrected chi connectivity index (χ1v) is 6.14. The summed E-state index contributed by atoms with van der Waals surface area (Å²) in [6.45, 7) is 0. The van der Waals surface area contributed by atoms with Crippen molar-refractivity contribution in [2.24, 2.45) is 0 Å². The Bertz CT molecular complexity index is 466. The second kappa shape index (κ2) is 5.54. The monoisotopic (exact) mass is 265 g/mol. The van der Waals surface area contributed by atoms with Crippen LogP contribution in [0.25, 0.3) is 0 Å². The molecule has 0 amide bonds. The summed E-state index contributed by atoms with van der Waals surface area (Å²) >= 11 is 12.0. The third-order valence-corrected chi connectivity index (χ3v) is 3.12. The molecule has 0 saturated heterocycles. The van der Waals surface area contributed by atoms with Gasteiger partial charge in [-0.2, -0.15) is 0 Å². The second-order valence-corrected chi connectivity index (χ2v) is 4.70. The van der Waals surface area contributed by atoms with Gasteiger partial charge in [0.05, 0.1) is 6.04 Å². The first kappa shape index (κ1) is 12.4. The van der Waals surface area contributed by atoms with Crippen LogP contribution >= 0.6 is 23.2 Å². The molecule has 1 nitrogen and oxygen atoms in total. The van der Waals surface area contributed by atoms with Gasteiger partial charge in [-0.3, -0.25) is 0 Å². The Hall–Kier alpha value is -1.02. The summed E-state index contributed by atoms with van der Waals surface area (Å²) < 4.78 is 0. The Morgan fingerprint density at radius 3 is 1.71 bits per heavy atom. The molecule has 2 aromatic rings. The summed E-state index contributed by atoms with van der Waals surface area (Å²) in [4.78, 5) is 0. The molecule has 0 fully saturated rings. The summed E-state index contributed by atoms with van der Waals surface area (Å²) in [5.41, 5.74) is 2.25. The third kappa shape index (κ3) is 3.01. The topological polar surface area (TPSA) is 12.0 Å². The molecule has 2 aromatic carbocycles. The molecular weight excluding hydrogens is 253 g/mol. The predicted octanol–water partition coefficient (Wildman–Crippen LogP) is 4.30. The first-order valence-electron chi connectivity index (χ1n) is 5.39. The molecule has 0 atom stereocenters. The summed E-state index contributed by atoms with van der Waals surface area (Å²) in [7, 11) is 1.92. The molecule has 1 N–H and O–H groups in total. The quantitative estimate of drug-likeness (QED) is 0.873. The molecule has 0 aliphatic heterocycles. The molecule has 0 aromatic heterocycles. The molecule has 0 bridgehead atoms. The van der Waals surface area contributed by atoms with Gasteiger partial charge in [0.25, 0.3) is 0 Å². The molecule has 0 radical (unpaired) electrons. The van der Waals surface area contributed by atoms with E-state index in [1.54, 1.807) is 0 Å². The van der Waals surface area contributed by atoms with Crippen LogP contribution in [0, 0.1) is 0 Å². The Balaban J connectivity index is 2.40. The lowest BCUT2D eigenvalue weighted by Crippen LogP contribution is -2.17. The Morgan fingerprint density at radius 2 is 1.35 bits per heavy atom. The molecule has 2 rings (SSSR count). The molecule has 3 heteroatoms. The average Bonchev–Trinajstić information content (AvgIpc) is 2.30. The number of hydrogen-bond donors (Lipinski definition) is 1. The van der Waals surface area contributed by atoms with E-state index in [2.05, 4.69) is 5.32 Å². The molecule has 0 unspecified atom stereocenters. The molecule has 0 spiro atoms. The van der Waals surface area contributed by atoms with E-state index in [-0.39, 0.29) is 6.04 Å². The van der Waals surface area contributed by atoms with Crippen LogP contribution in [-0.4, -0.2) is 7.05 Å². The van der Waals surface area contributed by atoms with Crippen molar-refractivity contribution in [2.45, 2.75) is 6.04 Å². The summed E-state index contributed by atoms with van der Waals surface area (Å²) in [5, 5.41) is 4.75. The number of rotatable bonds is 3. The highest BCUT2D eigenvalue weighted by Crippen LogP contribution is 2.25. The Morgan fingerprint density at radius 1 is 0.882 bits per heavy atom. The van der Waals surface area contributed by atoms with Gasteiger partial charge in [0, 0.05) is 10.0 Å². The van der Waals surface area contributed by atoms with Crippen molar-refractivity contribution in [3.05, 3.63) is 69.7 Å². The summed E-state index contributed by atoms with van der Waals surface area (Å²) in [6.07, 6.45) is 0. The van der Waals surface area contributed by atoms with Crippen LogP contribution < -0.4 is 5.32 Å². The van der Waals surface area contributed by atoms with Gasteiger partial charge in [-0.1, -0.05) is 47.5 Å². The van der Waals surface area contributed by atoms with Gasteiger partial charge in [-0.15, -0.1) is 0 Å². The molecule has 0 heterocycles. The van der Waals surface area contributed by atoms with E-state index in [0.29, 0.717) is 0 Å². The lowest BCUT2D eigenvalue weighted by atomic mass is 9.99. The maximum atomic E-state index is 6.01. The van der Waals surface area contributed by atoms with Crippen LogP contribution in [0.4, 0.5) is 0 Å². The fourth-order valence-electron chi connectivity index (χ4n) is 1.90. The second-order valence-electron chi connectivity index (χ2n) is 3.83. The van der Waals surface area contributed by atoms with Gasteiger partial charge in [-0.25, -0.2) is 0 Å². The number of nitrogens with one attached hydrogen (secondary N) is 1. The molecular formula is C14H13Cl2N. The van der Waals surface area contributed by atoms with Crippen molar-refractivity contribution in [1.82, 2.24) is 5.32 Å². The fourth-order valence-corrected chi connectivity index (χ4v) is 2.30. The van der Waals surface area contributed by atoms with Gasteiger partial charge in [0.15, 0.2) is 0 Å². The fraction of sp³-hybridized carbons (Fsp3) is 0.143. The maximum absolute atomic E-state index is 6.01. The zero-order valence-electron chi connectivity index (χ0n) is 9.45. The summed E-state index contributed by atoms with van der Waals surface area (Å²) in [5.74, 6) is 0. The van der Waals surface area contributed by atoms with E-state index in [1.165, 1.54) is 0 Å². The highest BCUT2D eigenvalue weighted by molar-refractivity contribution is 6.31. The highest BCUT2D eigenvalue weighted by Gasteiger charge is 2.12. The minimum Gasteiger partial charge on any atom is -0.309 e. The molecule has 0 saturated carbocycles. The molecule has 88 valence electrons. The highest BCUT2D eigenvalue weighted by atomic mass is 35.5. The van der Waals surface area contributed by atoms with Crippen molar-refractivity contribution >= 4 is 23.2 Å². The van der Waals surface area contributed by atoms with E-state index >= 15 is 0 Å². The van der Waals surface area contributed by atoms with Crippen LogP contribution in [0.3, 0.4) is 0 Å². The molecule has 0 aliphatic carbocycles. The smallest absolute Gasteiger partial charge is 0.0575 e. The lowest BCUT2D eigenvalue weighted by molar-refractivity contribution is 0.692. The van der Waals surface area contributed by atoms with Crippen molar-refractivity contribution in [3.63, 3.8) is 0 Å². The average molecular weight is 266 g/mol. The number of hydrogen-bond acceptors (Lipinski definition) is 1. The first-order chi connectivity index (χ1) is 8.20. The minimum atomic E-state index is 0.104. The largest absolute Gasteiger partial charge is 0.309 e. The van der Waals surface area contributed by atoms with Crippen LogP contribution in [0.15, 0.2) is 48.5 Å². The standard InChI is InChI=1S/C14H13Cl2N/c1-17-14(10-4-2-6-12(15)8-10)11-5-3-7-13(16)9-11/h2-9,14,17H,1H3. The van der Waals surface area contributed by atoms with Crippen molar-refractivity contribution < 1.29 is 0 Å². The Kier molecular flexibility index (Phi) is 4.06. The molecule has 0 aliphatic rings. The van der Waals surface area contributed by atoms with Gasteiger partial charge < -0.3 is 5.32 Å². The number of benzene rings is 2. The van der Waals surface area contributed by atoms with E-state index in [9.17, 15) is 0 Å². The minimum absolute atomic E-state index is 0.104. The third-order valence-electron chi connectivity index (χ3n) is 2.65. The van der Waals surface area contributed by atoms with E-state index in [1.807, 2.05) is 55.6 Å². The maximum Gasteiger partial charge on any atom is 0.0575 e. The Labute approximate surface area is 111 Å². The van der Waals surface area contributed by atoms with Crippen molar-refractivity contribution in [2.75, 3.05) is 7.05 Å². The van der Waals surface area contributed by atoms with Crippen LogP contribution in [0.5, 0.6) is 0 Å². The molecule has 17 heavy (non-hydrogen) atoms. The van der Waals surface area contributed by atoms with Gasteiger partial charge in [-0.05, 0) is 42.4 Å². The van der Waals surface area contributed by atoms with Gasteiger partial charge >= 0.3 is 0 Å². The normalized spacial score (nSPS) is 10.8.